The summed E-state index contributed by atoms with van der Waals surface area (Å²) in [5.41, 5.74) is -0.405. The first kappa shape index (κ1) is 18.5. The van der Waals surface area contributed by atoms with Crippen LogP contribution in [-0.4, -0.2) is 41.4 Å². The summed E-state index contributed by atoms with van der Waals surface area (Å²) in [7, 11) is 0. The molecule has 0 saturated heterocycles. The quantitative estimate of drug-likeness (QED) is 0.831. The molecule has 1 saturated carbocycles. The van der Waals surface area contributed by atoms with Crippen molar-refractivity contribution in [1.82, 2.24) is 10.3 Å². The van der Waals surface area contributed by atoms with E-state index in [0.29, 0.717) is 0 Å². The molecule has 1 aliphatic carbocycles. The molecule has 1 heterocycles. The number of hydrogen-bond donors (Lipinski definition) is 2. The van der Waals surface area contributed by atoms with Gasteiger partial charge in [0, 0.05) is 18.2 Å². The molecule has 0 unspecified atom stereocenters. The van der Waals surface area contributed by atoms with Crippen LogP contribution in [0.4, 0.5) is 13.2 Å². The zero-order valence-electron chi connectivity index (χ0n) is 13.4. The van der Waals surface area contributed by atoms with Gasteiger partial charge in [0.05, 0.1) is 6.61 Å². The van der Waals surface area contributed by atoms with Crippen molar-refractivity contribution in [2.75, 3.05) is 13.2 Å². The summed E-state index contributed by atoms with van der Waals surface area (Å²) in [6.45, 7) is 1.09. The molecule has 8 heteroatoms. The van der Waals surface area contributed by atoms with E-state index in [1.165, 1.54) is 18.3 Å². The van der Waals surface area contributed by atoms with Crippen molar-refractivity contribution in [3.8, 4) is 5.88 Å². The van der Waals surface area contributed by atoms with E-state index in [4.69, 9.17) is 4.74 Å². The highest BCUT2D eigenvalue weighted by molar-refractivity contribution is 5.96. The molecular weight excluding hydrogens is 325 g/mol. The van der Waals surface area contributed by atoms with Crippen molar-refractivity contribution in [2.24, 2.45) is 5.41 Å². The second-order valence-electron chi connectivity index (χ2n) is 6.21. The van der Waals surface area contributed by atoms with Crippen LogP contribution in [0.25, 0.3) is 0 Å². The van der Waals surface area contributed by atoms with E-state index in [9.17, 15) is 23.1 Å². The fourth-order valence-corrected chi connectivity index (χ4v) is 2.77. The number of carbonyl (C=O) groups excluding carboxylic acids is 1. The monoisotopic (exact) mass is 346 g/mol. The smallest absolute Gasteiger partial charge is 0.425 e. The zero-order chi connectivity index (χ0) is 17.8. The summed E-state index contributed by atoms with van der Waals surface area (Å²) in [5, 5.41) is 12.2. The molecule has 24 heavy (non-hydrogen) atoms. The molecule has 1 amide bonds. The van der Waals surface area contributed by atoms with Gasteiger partial charge in [-0.25, -0.2) is 4.98 Å². The van der Waals surface area contributed by atoms with E-state index in [1.807, 2.05) is 0 Å². The van der Waals surface area contributed by atoms with E-state index in [-0.39, 0.29) is 30.0 Å². The highest BCUT2D eigenvalue weighted by Gasteiger charge is 2.39. The number of hydrogen-bond acceptors (Lipinski definition) is 4. The molecule has 2 N–H and O–H groups in total. The zero-order valence-corrected chi connectivity index (χ0v) is 13.4. The number of carbonyl (C=O) groups is 1. The molecule has 0 radical (unpaired) electrons. The molecular formula is C16H21F3N2O3. The molecule has 1 fully saturated rings. The van der Waals surface area contributed by atoms with Gasteiger partial charge >= 0.3 is 6.18 Å². The summed E-state index contributed by atoms with van der Waals surface area (Å²) in [4.78, 5) is 16.1. The predicted molar refractivity (Wildman–Crippen MR) is 80.7 cm³/mol. The van der Waals surface area contributed by atoms with Gasteiger partial charge in [0.1, 0.15) is 5.56 Å². The Morgan fingerprint density at radius 3 is 2.71 bits per heavy atom. The lowest BCUT2D eigenvalue weighted by Gasteiger charge is -2.26. The second kappa shape index (κ2) is 7.38. The molecule has 1 aliphatic rings. The Morgan fingerprint density at radius 1 is 1.46 bits per heavy atom. The van der Waals surface area contributed by atoms with Crippen LogP contribution in [0, 0.1) is 5.41 Å². The Morgan fingerprint density at radius 2 is 2.12 bits per heavy atom. The third-order valence-electron chi connectivity index (χ3n) is 4.39. The Kier molecular flexibility index (Phi) is 5.69. The average Bonchev–Trinajstić information content (AvgIpc) is 3.02. The standard InChI is InChI=1S/C16H21F3N2O3/c1-11(16(17,18)19)24-14-12(5-4-8-20-14)13(23)21-9-15(10-22)6-2-3-7-15/h4-5,8,11,22H,2-3,6-7,9-10H2,1H3,(H,21,23)/t11-/m1/s1. The lowest BCUT2D eigenvalue weighted by atomic mass is 9.87. The van der Waals surface area contributed by atoms with Gasteiger partial charge in [0.25, 0.3) is 5.91 Å². The lowest BCUT2D eigenvalue weighted by Crippen LogP contribution is -2.39. The maximum absolute atomic E-state index is 12.6. The van der Waals surface area contributed by atoms with Crippen LogP contribution in [0.5, 0.6) is 5.88 Å². The Labute approximate surface area is 138 Å². The number of nitrogens with one attached hydrogen (secondary N) is 1. The van der Waals surface area contributed by atoms with Crippen LogP contribution in [0.2, 0.25) is 0 Å². The largest absolute Gasteiger partial charge is 0.464 e. The number of halogens is 3. The van der Waals surface area contributed by atoms with E-state index in [0.717, 1.165) is 32.6 Å². The van der Waals surface area contributed by atoms with Crippen LogP contribution in [0.15, 0.2) is 18.3 Å². The van der Waals surface area contributed by atoms with Crippen LogP contribution in [0.3, 0.4) is 0 Å². The molecule has 1 aromatic rings. The van der Waals surface area contributed by atoms with Crippen LogP contribution >= 0.6 is 0 Å². The van der Waals surface area contributed by atoms with Gasteiger partial charge < -0.3 is 15.2 Å². The topological polar surface area (TPSA) is 71.5 Å². The Hall–Kier alpha value is -1.83. The van der Waals surface area contributed by atoms with E-state index >= 15 is 0 Å². The number of pyridine rings is 1. The van der Waals surface area contributed by atoms with Gasteiger partial charge in [-0.1, -0.05) is 12.8 Å². The van der Waals surface area contributed by atoms with Crippen molar-refractivity contribution >= 4 is 5.91 Å². The SMILES string of the molecule is C[C@@H](Oc1ncccc1C(=O)NCC1(CO)CCCC1)C(F)(F)F. The van der Waals surface area contributed by atoms with Gasteiger partial charge in [0.15, 0.2) is 6.10 Å². The number of aliphatic hydroxyl groups excluding tert-OH is 1. The van der Waals surface area contributed by atoms with Crippen molar-refractivity contribution in [3.05, 3.63) is 23.9 Å². The number of rotatable bonds is 6. The Balaban J connectivity index is 2.07. The molecule has 1 aromatic heterocycles. The van der Waals surface area contributed by atoms with Crippen molar-refractivity contribution in [2.45, 2.75) is 44.9 Å². The highest BCUT2D eigenvalue weighted by Crippen LogP contribution is 2.37. The van der Waals surface area contributed by atoms with Crippen molar-refractivity contribution in [1.29, 1.82) is 0 Å². The number of aliphatic hydroxyl groups is 1. The van der Waals surface area contributed by atoms with Gasteiger partial charge in [0.2, 0.25) is 5.88 Å². The van der Waals surface area contributed by atoms with Gasteiger partial charge in [-0.15, -0.1) is 0 Å². The molecule has 2 rings (SSSR count). The van der Waals surface area contributed by atoms with E-state index in [1.54, 1.807) is 0 Å². The van der Waals surface area contributed by atoms with Crippen LogP contribution in [-0.2, 0) is 0 Å². The number of amides is 1. The first-order valence-electron chi connectivity index (χ1n) is 7.85. The fourth-order valence-electron chi connectivity index (χ4n) is 2.77. The minimum absolute atomic E-state index is 0.0330. The summed E-state index contributed by atoms with van der Waals surface area (Å²) < 4.78 is 42.7. The molecule has 0 spiro atoms. The lowest BCUT2D eigenvalue weighted by molar-refractivity contribution is -0.190. The summed E-state index contributed by atoms with van der Waals surface area (Å²) in [5.74, 6) is -0.920. The number of aromatic nitrogens is 1. The molecule has 0 aromatic carbocycles. The van der Waals surface area contributed by atoms with Gasteiger partial charge in [-0.2, -0.15) is 13.2 Å². The van der Waals surface area contributed by atoms with Crippen LogP contribution in [0.1, 0.15) is 43.0 Å². The molecule has 5 nitrogen and oxygen atoms in total. The van der Waals surface area contributed by atoms with E-state index < -0.39 is 18.2 Å². The van der Waals surface area contributed by atoms with Crippen molar-refractivity contribution in [3.63, 3.8) is 0 Å². The summed E-state index contributed by atoms with van der Waals surface area (Å²) in [6, 6.07) is 2.82. The van der Waals surface area contributed by atoms with E-state index in [2.05, 4.69) is 10.3 Å². The maximum Gasteiger partial charge on any atom is 0.425 e. The molecule has 0 aliphatic heterocycles. The number of nitrogens with zero attached hydrogens (tertiary/aromatic N) is 1. The summed E-state index contributed by atoms with van der Waals surface area (Å²) in [6.07, 6.45) is -1.76. The molecule has 1 atom stereocenters. The predicted octanol–water partition coefficient (Wildman–Crippen LogP) is 2.69. The first-order chi connectivity index (χ1) is 11.3. The van der Waals surface area contributed by atoms with Crippen LogP contribution < -0.4 is 10.1 Å². The van der Waals surface area contributed by atoms with Gasteiger partial charge in [-0.3, -0.25) is 4.79 Å². The number of ether oxygens (including phenoxy) is 1. The third kappa shape index (κ3) is 4.37. The van der Waals surface area contributed by atoms with Gasteiger partial charge in [-0.05, 0) is 31.9 Å². The molecule has 0 bridgehead atoms. The minimum Gasteiger partial charge on any atom is -0.464 e. The maximum atomic E-state index is 12.6. The summed E-state index contributed by atoms with van der Waals surface area (Å²) >= 11 is 0. The molecule has 134 valence electrons. The third-order valence-corrected chi connectivity index (χ3v) is 4.39. The van der Waals surface area contributed by atoms with Crippen molar-refractivity contribution < 1.29 is 27.8 Å². The first-order valence-corrected chi connectivity index (χ1v) is 7.85. The number of alkyl halides is 3. The normalized spacial score (nSPS) is 18.2. The fraction of sp³-hybridized carbons (Fsp3) is 0.625. The Bertz CT molecular complexity index is 572. The second-order valence-corrected chi connectivity index (χ2v) is 6.21. The average molecular weight is 346 g/mol. The minimum atomic E-state index is -4.55. The highest BCUT2D eigenvalue weighted by atomic mass is 19.4.